The van der Waals surface area contributed by atoms with Gasteiger partial charge in [0, 0.05) is 12.1 Å². The average Bonchev–Trinajstić information content (AvgIpc) is 2.49. The summed E-state index contributed by atoms with van der Waals surface area (Å²) < 4.78 is 26.7. The summed E-state index contributed by atoms with van der Waals surface area (Å²) in [6.07, 6.45) is 2.55. The summed E-state index contributed by atoms with van der Waals surface area (Å²) in [6.45, 7) is 0. The van der Waals surface area contributed by atoms with Gasteiger partial charge in [-0.2, -0.15) is 0 Å². The molecule has 0 saturated carbocycles. The third-order valence-corrected chi connectivity index (χ3v) is 4.35. The molecule has 0 spiro atoms. The van der Waals surface area contributed by atoms with Gasteiger partial charge in [0.05, 0.1) is 16.8 Å². The largest absolute Gasteiger partial charge is 0.481 e. The van der Waals surface area contributed by atoms with E-state index in [2.05, 4.69) is 9.71 Å². The molecule has 0 atom stereocenters. The number of carbonyl (C=O) groups is 1. The van der Waals surface area contributed by atoms with E-state index < -0.39 is 16.0 Å². The molecule has 7 heteroatoms. The maximum Gasteiger partial charge on any atom is 0.303 e. The van der Waals surface area contributed by atoms with E-state index >= 15 is 0 Å². The first-order valence-corrected chi connectivity index (χ1v) is 8.20. The Morgan fingerprint density at radius 1 is 1.14 bits per heavy atom. The van der Waals surface area contributed by atoms with Crippen molar-refractivity contribution < 1.29 is 18.3 Å². The van der Waals surface area contributed by atoms with Crippen molar-refractivity contribution in [3.8, 4) is 0 Å². The number of pyridine rings is 1. The molecule has 2 aromatic rings. The van der Waals surface area contributed by atoms with Crippen LogP contribution in [0, 0.1) is 0 Å². The van der Waals surface area contributed by atoms with E-state index in [-0.39, 0.29) is 11.3 Å². The maximum absolute atomic E-state index is 12.1. The number of sulfonamides is 1. The van der Waals surface area contributed by atoms with E-state index in [1.54, 1.807) is 30.3 Å². The number of aryl methyl sites for hydroxylation is 1. The van der Waals surface area contributed by atoms with E-state index in [9.17, 15) is 13.2 Å². The highest BCUT2D eigenvalue weighted by Crippen LogP contribution is 2.15. The fourth-order valence-electron chi connectivity index (χ4n) is 1.87. The molecule has 0 amide bonds. The van der Waals surface area contributed by atoms with Crippen LogP contribution in [0.2, 0.25) is 0 Å². The molecule has 0 bridgehead atoms. The minimum absolute atomic E-state index is 0.0874. The van der Waals surface area contributed by atoms with Crippen molar-refractivity contribution in [2.75, 3.05) is 4.72 Å². The van der Waals surface area contributed by atoms with Crippen LogP contribution in [-0.4, -0.2) is 24.5 Å². The number of hydrogen-bond donors (Lipinski definition) is 2. The van der Waals surface area contributed by atoms with Crippen LogP contribution in [0.4, 0.5) is 5.69 Å². The predicted molar refractivity (Wildman–Crippen MR) is 82.1 cm³/mol. The van der Waals surface area contributed by atoms with Crippen LogP contribution in [0.5, 0.6) is 0 Å². The first kappa shape index (κ1) is 16.0. The van der Waals surface area contributed by atoms with Crippen molar-refractivity contribution in [2.45, 2.75) is 24.2 Å². The predicted octanol–water partition coefficient (Wildman–Crippen LogP) is 2.29. The Hall–Kier alpha value is -2.41. The Balaban J connectivity index is 2.01. The molecule has 0 unspecified atom stereocenters. The molecule has 6 nitrogen and oxygen atoms in total. The molecule has 0 aliphatic rings. The third kappa shape index (κ3) is 4.56. The normalized spacial score (nSPS) is 11.1. The van der Waals surface area contributed by atoms with Gasteiger partial charge in [-0.1, -0.05) is 18.2 Å². The van der Waals surface area contributed by atoms with Gasteiger partial charge in [0.1, 0.15) is 0 Å². The summed E-state index contributed by atoms with van der Waals surface area (Å²) in [4.78, 5) is 14.8. The molecule has 1 heterocycles. The van der Waals surface area contributed by atoms with Crippen molar-refractivity contribution in [3.63, 3.8) is 0 Å². The SMILES string of the molecule is O=C(O)CCCc1ccc(NS(=O)(=O)c2ccccc2)cn1. The highest BCUT2D eigenvalue weighted by Gasteiger charge is 2.13. The number of nitrogens with zero attached hydrogens (tertiary/aromatic N) is 1. The molecule has 2 rings (SSSR count). The van der Waals surface area contributed by atoms with Gasteiger partial charge in [-0.15, -0.1) is 0 Å². The summed E-state index contributed by atoms with van der Waals surface area (Å²) in [5.41, 5.74) is 1.09. The van der Waals surface area contributed by atoms with E-state index in [1.807, 2.05) is 0 Å². The van der Waals surface area contributed by atoms with Crippen molar-refractivity contribution in [3.05, 3.63) is 54.4 Å². The summed E-state index contributed by atoms with van der Waals surface area (Å²) in [7, 11) is -3.62. The second kappa shape index (κ2) is 7.04. The van der Waals surface area contributed by atoms with Gasteiger partial charge in [0.2, 0.25) is 0 Å². The standard InChI is InChI=1S/C15H16N2O4S/c18-15(19)8-4-5-12-9-10-13(11-16-12)17-22(20,21)14-6-2-1-3-7-14/h1-3,6-7,9-11,17H,4-5,8H2,(H,18,19). The molecule has 0 aliphatic carbocycles. The molecule has 0 saturated heterocycles. The second-order valence-corrected chi connectivity index (χ2v) is 6.39. The first-order valence-electron chi connectivity index (χ1n) is 6.72. The number of anilines is 1. The zero-order valence-electron chi connectivity index (χ0n) is 11.8. The third-order valence-electron chi connectivity index (χ3n) is 2.95. The van der Waals surface area contributed by atoms with E-state index in [0.29, 0.717) is 18.5 Å². The second-order valence-electron chi connectivity index (χ2n) is 4.70. The molecule has 2 N–H and O–H groups in total. The van der Waals surface area contributed by atoms with Crippen LogP contribution in [0.1, 0.15) is 18.5 Å². The van der Waals surface area contributed by atoms with Crippen molar-refractivity contribution in [2.24, 2.45) is 0 Å². The van der Waals surface area contributed by atoms with Crippen molar-refractivity contribution in [1.82, 2.24) is 4.98 Å². The van der Waals surface area contributed by atoms with Gasteiger partial charge in [0.25, 0.3) is 10.0 Å². The molecule has 0 radical (unpaired) electrons. The van der Waals surface area contributed by atoms with Gasteiger partial charge in [-0.3, -0.25) is 14.5 Å². The fourth-order valence-corrected chi connectivity index (χ4v) is 2.93. The van der Waals surface area contributed by atoms with E-state index in [4.69, 9.17) is 5.11 Å². The van der Waals surface area contributed by atoms with Crippen LogP contribution < -0.4 is 4.72 Å². The molecule has 22 heavy (non-hydrogen) atoms. The van der Waals surface area contributed by atoms with Gasteiger partial charge < -0.3 is 5.11 Å². The van der Waals surface area contributed by atoms with Crippen molar-refractivity contribution >= 4 is 21.7 Å². The van der Waals surface area contributed by atoms with Crippen molar-refractivity contribution in [1.29, 1.82) is 0 Å². The van der Waals surface area contributed by atoms with Crippen LogP contribution in [0.3, 0.4) is 0 Å². The molecule has 1 aromatic carbocycles. The number of carboxylic acid groups (broad SMARTS) is 1. The van der Waals surface area contributed by atoms with Crippen LogP contribution >= 0.6 is 0 Å². The minimum atomic E-state index is -3.62. The number of nitrogens with one attached hydrogen (secondary N) is 1. The lowest BCUT2D eigenvalue weighted by Crippen LogP contribution is -2.13. The maximum atomic E-state index is 12.1. The number of aliphatic carboxylic acids is 1. The lowest BCUT2D eigenvalue weighted by atomic mass is 10.2. The molecule has 0 aliphatic heterocycles. The summed E-state index contributed by atoms with van der Waals surface area (Å²) >= 11 is 0. The Bertz CT molecular complexity index is 728. The number of benzene rings is 1. The summed E-state index contributed by atoms with van der Waals surface area (Å²) in [5, 5.41) is 8.57. The number of carboxylic acids is 1. The lowest BCUT2D eigenvalue weighted by molar-refractivity contribution is -0.137. The van der Waals surface area contributed by atoms with Crippen LogP contribution in [0.25, 0.3) is 0 Å². The summed E-state index contributed by atoms with van der Waals surface area (Å²) in [5.74, 6) is -0.841. The molecular weight excluding hydrogens is 304 g/mol. The number of hydrogen-bond acceptors (Lipinski definition) is 4. The Morgan fingerprint density at radius 2 is 1.86 bits per heavy atom. The van der Waals surface area contributed by atoms with Gasteiger partial charge in [0.15, 0.2) is 0 Å². The number of aromatic nitrogens is 1. The summed E-state index contributed by atoms with van der Waals surface area (Å²) in [6, 6.07) is 11.4. The van der Waals surface area contributed by atoms with E-state index in [0.717, 1.165) is 5.69 Å². The number of rotatable bonds is 7. The Labute approximate surface area is 128 Å². The highest BCUT2D eigenvalue weighted by atomic mass is 32.2. The topological polar surface area (TPSA) is 96.4 Å². The quantitative estimate of drug-likeness (QED) is 0.816. The molecule has 0 fully saturated rings. The molecular formula is C15H16N2O4S. The smallest absolute Gasteiger partial charge is 0.303 e. The van der Waals surface area contributed by atoms with Crippen LogP contribution in [0.15, 0.2) is 53.6 Å². The average molecular weight is 320 g/mol. The highest BCUT2D eigenvalue weighted by molar-refractivity contribution is 7.92. The first-order chi connectivity index (χ1) is 10.5. The van der Waals surface area contributed by atoms with E-state index in [1.165, 1.54) is 18.3 Å². The lowest BCUT2D eigenvalue weighted by Gasteiger charge is -2.08. The monoisotopic (exact) mass is 320 g/mol. The minimum Gasteiger partial charge on any atom is -0.481 e. The Morgan fingerprint density at radius 3 is 2.45 bits per heavy atom. The van der Waals surface area contributed by atoms with Gasteiger partial charge >= 0.3 is 5.97 Å². The molecule has 1 aromatic heterocycles. The molecule has 116 valence electrons. The van der Waals surface area contributed by atoms with Gasteiger partial charge in [-0.05, 0) is 37.1 Å². The van der Waals surface area contributed by atoms with Gasteiger partial charge in [-0.25, -0.2) is 8.42 Å². The zero-order valence-corrected chi connectivity index (χ0v) is 12.6. The Kier molecular flexibility index (Phi) is 5.11. The van der Waals surface area contributed by atoms with Crippen LogP contribution in [-0.2, 0) is 21.2 Å². The fraction of sp³-hybridized carbons (Fsp3) is 0.200. The zero-order chi connectivity index (χ0) is 16.0.